The fourth-order valence-corrected chi connectivity index (χ4v) is 3.74. The van der Waals surface area contributed by atoms with Crippen LogP contribution in [0.15, 0.2) is 34.9 Å². The number of benzene rings is 1. The van der Waals surface area contributed by atoms with E-state index < -0.39 is 0 Å². The Labute approximate surface area is 157 Å². The number of nitrogens with one attached hydrogen (secondary N) is 1. The van der Waals surface area contributed by atoms with Crippen molar-refractivity contribution in [3.05, 3.63) is 52.9 Å². The van der Waals surface area contributed by atoms with Crippen LogP contribution in [0.2, 0.25) is 0 Å². The van der Waals surface area contributed by atoms with Crippen molar-refractivity contribution in [1.29, 1.82) is 0 Å². The topological polar surface area (TPSA) is 84.7 Å². The van der Waals surface area contributed by atoms with E-state index in [4.69, 9.17) is 9.26 Å². The lowest BCUT2D eigenvalue weighted by molar-refractivity contribution is -0.122. The summed E-state index contributed by atoms with van der Waals surface area (Å²) in [4.78, 5) is 26.5. The Morgan fingerprint density at radius 2 is 2.19 bits per heavy atom. The molecular weight excluding hydrogens is 346 g/mol. The van der Waals surface area contributed by atoms with Gasteiger partial charge in [-0.3, -0.25) is 9.59 Å². The summed E-state index contributed by atoms with van der Waals surface area (Å²) in [6.07, 6.45) is 0.968. The number of ether oxygens (including phenoxy) is 1. The summed E-state index contributed by atoms with van der Waals surface area (Å²) in [6.45, 7) is 3.96. The standard InChI is InChI=1S/C20H23N3O4/c1-13-8-16(27-22-13)9-15-11-26-12-18(15)21-19(24)6-7-23-10-14-4-2-3-5-17(14)20(23)25/h2-5,8,15,18H,6-7,9-12H2,1H3,(H,21,24)/t15-,18+/m1/s1. The minimum Gasteiger partial charge on any atom is -0.379 e. The number of rotatable bonds is 6. The largest absolute Gasteiger partial charge is 0.379 e. The average Bonchev–Trinajstić information content (AvgIpc) is 3.35. The Bertz CT molecular complexity index is 847. The maximum absolute atomic E-state index is 12.4. The van der Waals surface area contributed by atoms with Crippen molar-refractivity contribution in [2.45, 2.75) is 32.4 Å². The van der Waals surface area contributed by atoms with Gasteiger partial charge in [-0.1, -0.05) is 23.4 Å². The summed E-state index contributed by atoms with van der Waals surface area (Å²) in [6, 6.07) is 9.45. The molecule has 27 heavy (non-hydrogen) atoms. The van der Waals surface area contributed by atoms with Crippen LogP contribution >= 0.6 is 0 Å². The van der Waals surface area contributed by atoms with Gasteiger partial charge in [-0.25, -0.2) is 0 Å². The molecule has 0 radical (unpaired) electrons. The van der Waals surface area contributed by atoms with E-state index in [1.807, 2.05) is 37.3 Å². The summed E-state index contributed by atoms with van der Waals surface area (Å²) in [5.41, 5.74) is 2.61. The van der Waals surface area contributed by atoms with Crippen molar-refractivity contribution < 1.29 is 18.8 Å². The molecule has 1 aromatic carbocycles. The molecule has 7 nitrogen and oxygen atoms in total. The van der Waals surface area contributed by atoms with E-state index in [0.29, 0.717) is 32.7 Å². The fourth-order valence-electron chi connectivity index (χ4n) is 3.74. The van der Waals surface area contributed by atoms with Crippen LogP contribution < -0.4 is 5.32 Å². The first-order valence-corrected chi connectivity index (χ1v) is 9.26. The summed E-state index contributed by atoms with van der Waals surface area (Å²) in [7, 11) is 0. The van der Waals surface area contributed by atoms with E-state index in [-0.39, 0.29) is 30.2 Å². The van der Waals surface area contributed by atoms with E-state index in [1.165, 1.54) is 0 Å². The number of carbonyl (C=O) groups is 2. The lowest BCUT2D eigenvalue weighted by atomic mass is 9.98. The fraction of sp³-hybridized carbons (Fsp3) is 0.450. The zero-order valence-electron chi connectivity index (χ0n) is 15.3. The van der Waals surface area contributed by atoms with Crippen LogP contribution in [0.4, 0.5) is 0 Å². The lowest BCUT2D eigenvalue weighted by Crippen LogP contribution is -2.41. The molecule has 2 aliphatic heterocycles. The van der Waals surface area contributed by atoms with E-state index in [2.05, 4.69) is 10.5 Å². The highest BCUT2D eigenvalue weighted by atomic mass is 16.5. The molecule has 142 valence electrons. The molecule has 0 spiro atoms. The molecule has 2 atom stereocenters. The highest BCUT2D eigenvalue weighted by Crippen LogP contribution is 2.23. The molecule has 2 aliphatic rings. The predicted octanol–water partition coefficient (Wildman–Crippen LogP) is 1.70. The maximum Gasteiger partial charge on any atom is 0.254 e. The van der Waals surface area contributed by atoms with Gasteiger partial charge < -0.3 is 19.5 Å². The molecule has 0 bridgehead atoms. The Balaban J connectivity index is 1.27. The monoisotopic (exact) mass is 369 g/mol. The summed E-state index contributed by atoms with van der Waals surface area (Å²) < 4.78 is 10.8. The van der Waals surface area contributed by atoms with Crippen LogP contribution in [0.5, 0.6) is 0 Å². The lowest BCUT2D eigenvalue weighted by Gasteiger charge is -2.20. The molecule has 1 N–H and O–H groups in total. The molecule has 2 aromatic rings. The van der Waals surface area contributed by atoms with Crippen LogP contribution in [0.3, 0.4) is 0 Å². The van der Waals surface area contributed by atoms with Gasteiger partial charge in [-0.05, 0) is 18.6 Å². The summed E-state index contributed by atoms with van der Waals surface area (Å²) in [5.74, 6) is 0.913. The average molecular weight is 369 g/mol. The normalized spacial score (nSPS) is 21.5. The maximum atomic E-state index is 12.4. The number of hydrogen-bond acceptors (Lipinski definition) is 5. The molecule has 3 heterocycles. The van der Waals surface area contributed by atoms with Gasteiger partial charge in [0.15, 0.2) is 0 Å². The second-order valence-corrected chi connectivity index (χ2v) is 7.24. The minimum atomic E-state index is -0.0620. The van der Waals surface area contributed by atoms with Gasteiger partial charge in [0.25, 0.3) is 5.91 Å². The number of aryl methyl sites for hydroxylation is 1. The highest BCUT2D eigenvalue weighted by molar-refractivity contribution is 5.98. The molecule has 0 aliphatic carbocycles. The van der Waals surface area contributed by atoms with Crippen molar-refractivity contribution in [3.8, 4) is 0 Å². The summed E-state index contributed by atoms with van der Waals surface area (Å²) in [5, 5.41) is 6.95. The van der Waals surface area contributed by atoms with E-state index in [9.17, 15) is 9.59 Å². The molecule has 4 rings (SSSR count). The van der Waals surface area contributed by atoms with Gasteiger partial charge in [0.05, 0.1) is 24.9 Å². The number of nitrogens with zero attached hydrogens (tertiary/aromatic N) is 2. The minimum absolute atomic E-state index is 0.00108. The van der Waals surface area contributed by atoms with Gasteiger partial charge >= 0.3 is 0 Å². The quantitative estimate of drug-likeness (QED) is 0.838. The van der Waals surface area contributed by atoms with Crippen molar-refractivity contribution in [2.24, 2.45) is 5.92 Å². The highest BCUT2D eigenvalue weighted by Gasteiger charge is 2.31. The molecule has 1 aromatic heterocycles. The first-order valence-electron chi connectivity index (χ1n) is 9.26. The van der Waals surface area contributed by atoms with Crippen LogP contribution in [0.1, 0.15) is 33.8 Å². The first kappa shape index (κ1) is 17.7. The van der Waals surface area contributed by atoms with E-state index >= 15 is 0 Å². The van der Waals surface area contributed by atoms with Gasteiger partial charge in [0.2, 0.25) is 5.91 Å². The van der Waals surface area contributed by atoms with Gasteiger partial charge in [-0.15, -0.1) is 0 Å². The van der Waals surface area contributed by atoms with Crippen molar-refractivity contribution in [1.82, 2.24) is 15.4 Å². The van der Waals surface area contributed by atoms with Gasteiger partial charge in [-0.2, -0.15) is 0 Å². The molecule has 1 saturated heterocycles. The Morgan fingerprint density at radius 1 is 1.33 bits per heavy atom. The van der Waals surface area contributed by atoms with E-state index in [0.717, 1.165) is 22.6 Å². The number of hydrogen-bond donors (Lipinski definition) is 1. The first-order chi connectivity index (χ1) is 13.1. The Hall–Kier alpha value is -2.67. The third kappa shape index (κ3) is 3.88. The summed E-state index contributed by atoms with van der Waals surface area (Å²) >= 11 is 0. The van der Waals surface area contributed by atoms with Gasteiger partial charge in [0, 0.05) is 43.5 Å². The Kier molecular flexibility index (Phi) is 4.94. The zero-order valence-corrected chi connectivity index (χ0v) is 15.3. The number of amides is 2. The second-order valence-electron chi connectivity index (χ2n) is 7.24. The van der Waals surface area contributed by atoms with E-state index in [1.54, 1.807) is 4.90 Å². The third-order valence-corrected chi connectivity index (χ3v) is 5.19. The molecule has 2 amide bonds. The molecular formula is C20H23N3O4. The molecule has 0 unspecified atom stereocenters. The van der Waals surface area contributed by atoms with Crippen molar-refractivity contribution in [2.75, 3.05) is 19.8 Å². The van der Waals surface area contributed by atoms with Crippen molar-refractivity contribution >= 4 is 11.8 Å². The van der Waals surface area contributed by atoms with Crippen LogP contribution in [-0.4, -0.2) is 47.7 Å². The van der Waals surface area contributed by atoms with Crippen LogP contribution in [0.25, 0.3) is 0 Å². The van der Waals surface area contributed by atoms with Gasteiger partial charge in [0.1, 0.15) is 5.76 Å². The third-order valence-electron chi connectivity index (χ3n) is 5.19. The second kappa shape index (κ2) is 7.52. The van der Waals surface area contributed by atoms with Crippen LogP contribution in [-0.2, 0) is 22.5 Å². The van der Waals surface area contributed by atoms with Crippen LogP contribution in [0, 0.1) is 12.8 Å². The Morgan fingerprint density at radius 3 is 2.96 bits per heavy atom. The smallest absolute Gasteiger partial charge is 0.254 e. The molecule has 0 saturated carbocycles. The zero-order chi connectivity index (χ0) is 18.8. The number of aromatic nitrogens is 1. The number of fused-ring (bicyclic) bond motifs is 1. The number of carbonyl (C=O) groups excluding carboxylic acids is 2. The van der Waals surface area contributed by atoms with Crippen molar-refractivity contribution in [3.63, 3.8) is 0 Å². The molecule has 1 fully saturated rings. The predicted molar refractivity (Wildman–Crippen MR) is 97.0 cm³/mol. The SMILES string of the molecule is Cc1cc(C[C@@H]2COC[C@@H]2NC(=O)CCN2Cc3ccccc3C2=O)on1. The molecule has 7 heteroatoms.